The average Bonchev–Trinajstić information content (AvgIpc) is 3.37. The van der Waals surface area contributed by atoms with Crippen LogP contribution in [0.25, 0.3) is 11.4 Å². The summed E-state index contributed by atoms with van der Waals surface area (Å²) in [6, 6.07) is 23.3. The minimum atomic E-state index is -4.48. The van der Waals surface area contributed by atoms with Crippen LogP contribution < -0.4 is 10.4 Å². The van der Waals surface area contributed by atoms with E-state index >= 15 is 0 Å². The molecule has 1 amide bonds. The number of nitrogens with zero attached hydrogens (tertiary/aromatic N) is 5. The van der Waals surface area contributed by atoms with Crippen molar-refractivity contribution in [1.29, 1.82) is 0 Å². The summed E-state index contributed by atoms with van der Waals surface area (Å²) in [5.41, 5.74) is 1.01. The van der Waals surface area contributed by atoms with Gasteiger partial charge in [0.15, 0.2) is 5.82 Å². The van der Waals surface area contributed by atoms with E-state index in [-0.39, 0.29) is 18.9 Å². The van der Waals surface area contributed by atoms with E-state index in [9.17, 15) is 22.8 Å². The van der Waals surface area contributed by atoms with E-state index in [1.807, 2.05) is 19.1 Å². The molecule has 5 aromatic rings. The molecule has 11 heteroatoms. The maximum atomic E-state index is 13.9. The minimum Gasteiger partial charge on any atom is -0.494 e. The molecule has 1 unspecified atom stereocenters. The predicted octanol–water partition coefficient (Wildman–Crippen LogP) is 6.17. The summed E-state index contributed by atoms with van der Waals surface area (Å²) < 4.78 is 47.7. The largest absolute Gasteiger partial charge is 0.494 e. The molecule has 0 saturated carbocycles. The molecule has 0 bridgehead atoms. The summed E-state index contributed by atoms with van der Waals surface area (Å²) in [5, 5.41) is 4.71. The summed E-state index contributed by atoms with van der Waals surface area (Å²) in [5.74, 6) is 0.577. The van der Waals surface area contributed by atoms with Gasteiger partial charge in [-0.05, 0) is 79.6 Å². The smallest absolute Gasteiger partial charge is 0.416 e. The molecule has 0 fully saturated rings. The maximum absolute atomic E-state index is 13.9. The van der Waals surface area contributed by atoms with Gasteiger partial charge < -0.3 is 9.64 Å². The number of benzene rings is 3. The molecule has 3 aromatic carbocycles. The van der Waals surface area contributed by atoms with Gasteiger partial charge in [-0.25, -0.2) is 9.36 Å². The van der Waals surface area contributed by atoms with Gasteiger partial charge in [0.05, 0.1) is 36.0 Å². The topological polar surface area (TPSA) is 82.2 Å². The predicted molar refractivity (Wildman–Crippen MR) is 159 cm³/mol. The number of pyridine rings is 1. The number of para-hydroxylation sites is 1. The van der Waals surface area contributed by atoms with Crippen LogP contribution >= 0.6 is 0 Å². The molecule has 0 spiro atoms. The van der Waals surface area contributed by atoms with E-state index in [0.717, 1.165) is 17.7 Å². The second kappa shape index (κ2) is 13.0. The molecule has 44 heavy (non-hydrogen) atoms. The third-order valence-electron chi connectivity index (χ3n) is 7.08. The Morgan fingerprint density at radius 1 is 0.909 bits per heavy atom. The molecule has 0 saturated heterocycles. The monoisotopic (exact) mass is 601 g/mol. The van der Waals surface area contributed by atoms with Crippen LogP contribution in [0.3, 0.4) is 0 Å². The number of ether oxygens (including phenoxy) is 1. The molecule has 2 heterocycles. The zero-order chi connectivity index (χ0) is 31.3. The Labute approximate surface area is 252 Å². The number of aromatic nitrogens is 4. The minimum absolute atomic E-state index is 0.129. The van der Waals surface area contributed by atoms with Gasteiger partial charge in [-0.1, -0.05) is 36.4 Å². The summed E-state index contributed by atoms with van der Waals surface area (Å²) in [7, 11) is 0. The first-order valence-electron chi connectivity index (χ1n) is 14.0. The van der Waals surface area contributed by atoms with Crippen molar-refractivity contribution in [2.24, 2.45) is 0 Å². The lowest BCUT2D eigenvalue weighted by atomic mass is 10.1. The normalized spacial score (nSPS) is 12.1. The fraction of sp³-hybridized carbons (Fsp3) is 0.212. The molecule has 0 radical (unpaired) electrons. The van der Waals surface area contributed by atoms with Crippen LogP contribution in [0.1, 0.15) is 42.4 Å². The quantitative estimate of drug-likeness (QED) is 0.191. The van der Waals surface area contributed by atoms with Crippen molar-refractivity contribution >= 4 is 5.91 Å². The number of alkyl halides is 3. The van der Waals surface area contributed by atoms with E-state index in [0.29, 0.717) is 35.1 Å². The number of rotatable bonds is 10. The van der Waals surface area contributed by atoms with Gasteiger partial charge in [0.2, 0.25) is 5.91 Å². The molecule has 2 aromatic heterocycles. The van der Waals surface area contributed by atoms with Gasteiger partial charge in [0, 0.05) is 18.9 Å². The van der Waals surface area contributed by atoms with Crippen molar-refractivity contribution < 1.29 is 22.7 Å². The Kier molecular flexibility index (Phi) is 8.94. The third kappa shape index (κ3) is 6.72. The third-order valence-corrected chi connectivity index (χ3v) is 7.08. The highest BCUT2D eigenvalue weighted by Crippen LogP contribution is 2.30. The maximum Gasteiger partial charge on any atom is 0.416 e. The molecule has 8 nitrogen and oxygen atoms in total. The van der Waals surface area contributed by atoms with Crippen LogP contribution in [0.2, 0.25) is 0 Å². The average molecular weight is 602 g/mol. The first-order chi connectivity index (χ1) is 21.2. The molecule has 0 aliphatic carbocycles. The van der Waals surface area contributed by atoms with Crippen LogP contribution in [0.4, 0.5) is 13.2 Å². The van der Waals surface area contributed by atoms with E-state index in [1.54, 1.807) is 78.8 Å². The van der Waals surface area contributed by atoms with Crippen LogP contribution in [-0.4, -0.2) is 36.7 Å². The molecule has 226 valence electrons. The molecule has 0 N–H and O–H groups in total. The van der Waals surface area contributed by atoms with Crippen LogP contribution in [0.5, 0.6) is 5.75 Å². The van der Waals surface area contributed by atoms with E-state index in [1.165, 1.54) is 21.4 Å². The van der Waals surface area contributed by atoms with Crippen LogP contribution in [0.15, 0.2) is 108 Å². The Morgan fingerprint density at radius 3 is 2.23 bits per heavy atom. The van der Waals surface area contributed by atoms with Crippen molar-refractivity contribution in [3.8, 4) is 17.1 Å². The number of hydrogen-bond donors (Lipinski definition) is 0. The zero-order valence-electron chi connectivity index (χ0n) is 24.1. The van der Waals surface area contributed by atoms with Gasteiger partial charge in [-0.3, -0.25) is 9.78 Å². The van der Waals surface area contributed by atoms with Gasteiger partial charge >= 0.3 is 11.9 Å². The summed E-state index contributed by atoms with van der Waals surface area (Å²) in [6.07, 6.45) is -1.39. The molecular weight excluding hydrogens is 571 g/mol. The first kappa shape index (κ1) is 30.3. The molecule has 1 atom stereocenters. The van der Waals surface area contributed by atoms with E-state index in [2.05, 4.69) is 4.98 Å². The Hall–Kier alpha value is -5.19. The molecule has 5 rings (SSSR count). The standard InChI is InChI=1S/C33H30F3N5O3/c1-3-44-29-17-15-27(16-18-29)40-31(38-41(32(40)43)28-9-5-4-6-10-28)23(2)39(22-25-8-7-19-37-21-25)30(42)20-24-11-13-26(14-12-24)33(34,35)36/h4-19,21,23H,3,20,22H2,1-2H3. The SMILES string of the molecule is CCOc1ccc(-n2c(C(C)N(Cc3cccnc3)C(=O)Cc3ccc(C(F)(F)F)cc3)nn(-c3ccccc3)c2=O)cc1. The second-order valence-corrected chi connectivity index (χ2v) is 10.1. The van der Waals surface area contributed by atoms with Crippen molar-refractivity contribution in [1.82, 2.24) is 24.2 Å². The zero-order valence-corrected chi connectivity index (χ0v) is 24.1. The lowest BCUT2D eigenvalue weighted by molar-refractivity contribution is -0.137. The lowest BCUT2D eigenvalue weighted by Crippen LogP contribution is -2.36. The number of amides is 1. The van der Waals surface area contributed by atoms with Gasteiger partial charge in [-0.2, -0.15) is 17.9 Å². The van der Waals surface area contributed by atoms with Crippen molar-refractivity contribution in [2.75, 3.05) is 6.61 Å². The Bertz CT molecular complexity index is 1750. The van der Waals surface area contributed by atoms with Crippen molar-refractivity contribution in [3.05, 3.63) is 136 Å². The van der Waals surface area contributed by atoms with E-state index in [4.69, 9.17) is 9.84 Å². The first-order valence-corrected chi connectivity index (χ1v) is 14.0. The van der Waals surface area contributed by atoms with Crippen molar-refractivity contribution in [2.45, 2.75) is 39.0 Å². The number of hydrogen-bond acceptors (Lipinski definition) is 5. The highest BCUT2D eigenvalue weighted by molar-refractivity contribution is 5.79. The number of carbonyl (C=O) groups excluding carboxylic acids is 1. The Morgan fingerprint density at radius 2 is 1.61 bits per heavy atom. The van der Waals surface area contributed by atoms with Gasteiger partial charge in [0.25, 0.3) is 0 Å². The molecule has 0 aliphatic heterocycles. The fourth-order valence-corrected chi connectivity index (χ4v) is 4.85. The molecular formula is C33H30F3N5O3. The van der Waals surface area contributed by atoms with Crippen LogP contribution in [0, 0.1) is 0 Å². The van der Waals surface area contributed by atoms with Crippen molar-refractivity contribution in [3.63, 3.8) is 0 Å². The number of carbonyl (C=O) groups is 1. The summed E-state index contributed by atoms with van der Waals surface area (Å²) in [4.78, 5) is 33.5. The van der Waals surface area contributed by atoms with Crippen LogP contribution in [-0.2, 0) is 23.9 Å². The van der Waals surface area contributed by atoms with Gasteiger partial charge in [0.1, 0.15) is 5.75 Å². The highest BCUT2D eigenvalue weighted by Gasteiger charge is 2.31. The summed E-state index contributed by atoms with van der Waals surface area (Å²) >= 11 is 0. The fourth-order valence-electron chi connectivity index (χ4n) is 4.85. The Balaban J connectivity index is 1.57. The molecule has 0 aliphatic rings. The van der Waals surface area contributed by atoms with E-state index < -0.39 is 23.5 Å². The second-order valence-electron chi connectivity index (χ2n) is 10.1. The highest BCUT2D eigenvalue weighted by atomic mass is 19.4. The van der Waals surface area contributed by atoms with Gasteiger partial charge in [-0.15, -0.1) is 5.10 Å². The summed E-state index contributed by atoms with van der Waals surface area (Å²) in [6.45, 7) is 4.26. The number of halogens is 3. The lowest BCUT2D eigenvalue weighted by Gasteiger charge is -2.29.